The second-order valence-electron chi connectivity index (χ2n) is 6.33. The standard InChI is InChI=1S/C15H26N2O3/c18-15(5-7-19-10-14-2-1-6-20-14)17-13-8-11-3-4-12(9-13)16-11/h11-14,16H,1-10H2,(H,17,18). The molecule has 0 radical (unpaired) electrons. The summed E-state index contributed by atoms with van der Waals surface area (Å²) in [7, 11) is 0. The van der Waals surface area contributed by atoms with Crippen LogP contribution in [0.2, 0.25) is 0 Å². The highest BCUT2D eigenvalue weighted by molar-refractivity contribution is 5.76. The average Bonchev–Trinajstić information content (AvgIpc) is 3.05. The molecule has 3 atom stereocenters. The van der Waals surface area contributed by atoms with Crippen molar-refractivity contribution in [3.05, 3.63) is 0 Å². The highest BCUT2D eigenvalue weighted by Crippen LogP contribution is 2.26. The first-order valence-corrected chi connectivity index (χ1v) is 8.04. The first-order valence-electron chi connectivity index (χ1n) is 8.04. The molecule has 3 aliphatic heterocycles. The van der Waals surface area contributed by atoms with Crippen LogP contribution in [0.15, 0.2) is 0 Å². The van der Waals surface area contributed by atoms with Crippen molar-refractivity contribution in [1.29, 1.82) is 0 Å². The molecule has 20 heavy (non-hydrogen) atoms. The van der Waals surface area contributed by atoms with Gasteiger partial charge in [0.05, 0.1) is 19.3 Å². The Balaban J connectivity index is 1.27. The summed E-state index contributed by atoms with van der Waals surface area (Å²) in [5.41, 5.74) is 0. The van der Waals surface area contributed by atoms with Gasteiger partial charge < -0.3 is 20.1 Å². The molecule has 3 unspecified atom stereocenters. The molecule has 114 valence electrons. The molecule has 0 aromatic rings. The zero-order valence-corrected chi connectivity index (χ0v) is 12.1. The highest BCUT2D eigenvalue weighted by Gasteiger charge is 2.33. The fourth-order valence-electron chi connectivity index (χ4n) is 3.63. The summed E-state index contributed by atoms with van der Waals surface area (Å²) in [6.45, 7) is 1.99. The Bertz CT molecular complexity index is 319. The van der Waals surface area contributed by atoms with Crippen LogP contribution in [-0.2, 0) is 14.3 Å². The van der Waals surface area contributed by atoms with Crippen molar-refractivity contribution in [2.45, 2.75) is 69.2 Å². The van der Waals surface area contributed by atoms with E-state index in [0.717, 1.165) is 32.3 Å². The molecule has 0 aromatic carbocycles. The maximum atomic E-state index is 11.9. The fourth-order valence-corrected chi connectivity index (χ4v) is 3.63. The van der Waals surface area contributed by atoms with Crippen LogP contribution in [0.1, 0.15) is 44.9 Å². The maximum Gasteiger partial charge on any atom is 0.222 e. The molecule has 0 spiro atoms. The molecule has 1 amide bonds. The summed E-state index contributed by atoms with van der Waals surface area (Å²) in [4.78, 5) is 11.9. The van der Waals surface area contributed by atoms with Crippen LogP contribution in [-0.4, -0.2) is 50.0 Å². The van der Waals surface area contributed by atoms with Gasteiger partial charge in [-0.3, -0.25) is 4.79 Å². The topological polar surface area (TPSA) is 59.6 Å². The van der Waals surface area contributed by atoms with Crippen LogP contribution in [0.4, 0.5) is 0 Å². The van der Waals surface area contributed by atoms with E-state index in [-0.39, 0.29) is 12.0 Å². The van der Waals surface area contributed by atoms with E-state index in [1.807, 2.05) is 0 Å². The Kier molecular flexibility index (Phi) is 4.91. The zero-order chi connectivity index (χ0) is 13.8. The minimum atomic E-state index is 0.128. The summed E-state index contributed by atoms with van der Waals surface area (Å²) < 4.78 is 11.0. The van der Waals surface area contributed by atoms with E-state index in [1.165, 1.54) is 12.8 Å². The first-order chi connectivity index (χ1) is 9.79. The van der Waals surface area contributed by atoms with Gasteiger partial charge in [-0.15, -0.1) is 0 Å². The number of rotatable bonds is 6. The van der Waals surface area contributed by atoms with Gasteiger partial charge >= 0.3 is 0 Å². The molecule has 2 bridgehead atoms. The summed E-state index contributed by atoms with van der Waals surface area (Å²) in [6, 6.07) is 1.60. The van der Waals surface area contributed by atoms with Crippen LogP contribution < -0.4 is 10.6 Å². The molecule has 5 nitrogen and oxygen atoms in total. The van der Waals surface area contributed by atoms with Gasteiger partial charge in [-0.25, -0.2) is 0 Å². The number of ether oxygens (including phenoxy) is 2. The van der Waals surface area contributed by atoms with Crippen molar-refractivity contribution >= 4 is 5.91 Å². The number of carbonyl (C=O) groups excluding carboxylic acids is 1. The van der Waals surface area contributed by atoms with Crippen molar-refractivity contribution < 1.29 is 14.3 Å². The Morgan fingerprint density at radius 2 is 2.05 bits per heavy atom. The van der Waals surface area contributed by atoms with Crippen LogP contribution in [0.5, 0.6) is 0 Å². The van der Waals surface area contributed by atoms with E-state index < -0.39 is 0 Å². The summed E-state index contributed by atoms with van der Waals surface area (Å²) in [5.74, 6) is 0.128. The largest absolute Gasteiger partial charge is 0.378 e. The first kappa shape index (κ1) is 14.3. The number of carbonyl (C=O) groups is 1. The molecule has 5 heteroatoms. The third-order valence-corrected chi connectivity index (χ3v) is 4.64. The van der Waals surface area contributed by atoms with E-state index >= 15 is 0 Å². The van der Waals surface area contributed by atoms with Crippen molar-refractivity contribution in [3.63, 3.8) is 0 Å². The van der Waals surface area contributed by atoms with Gasteiger partial charge in [0.1, 0.15) is 0 Å². The Hall–Kier alpha value is -0.650. The lowest BCUT2D eigenvalue weighted by atomic mass is 10.00. The predicted molar refractivity (Wildman–Crippen MR) is 75.5 cm³/mol. The van der Waals surface area contributed by atoms with Crippen LogP contribution in [0.25, 0.3) is 0 Å². The normalized spacial score (nSPS) is 36.2. The minimum absolute atomic E-state index is 0.128. The third-order valence-electron chi connectivity index (χ3n) is 4.64. The highest BCUT2D eigenvalue weighted by atomic mass is 16.5. The number of piperidine rings is 1. The summed E-state index contributed by atoms with van der Waals surface area (Å²) in [6.07, 6.45) is 7.63. The third kappa shape index (κ3) is 3.93. The van der Waals surface area contributed by atoms with Gasteiger partial charge in [-0.05, 0) is 38.5 Å². The van der Waals surface area contributed by atoms with Gasteiger partial charge in [0, 0.05) is 31.2 Å². The van der Waals surface area contributed by atoms with E-state index in [0.29, 0.717) is 37.8 Å². The number of hydrogen-bond donors (Lipinski definition) is 2. The van der Waals surface area contributed by atoms with Gasteiger partial charge in [-0.2, -0.15) is 0 Å². The number of nitrogens with one attached hydrogen (secondary N) is 2. The van der Waals surface area contributed by atoms with Gasteiger partial charge in [0.15, 0.2) is 0 Å². The molecular formula is C15H26N2O3. The van der Waals surface area contributed by atoms with Gasteiger partial charge in [0.2, 0.25) is 5.91 Å². The molecule has 3 heterocycles. The van der Waals surface area contributed by atoms with Crippen molar-refractivity contribution in [2.75, 3.05) is 19.8 Å². The van der Waals surface area contributed by atoms with Gasteiger partial charge in [-0.1, -0.05) is 0 Å². The Labute approximate surface area is 120 Å². The maximum absolute atomic E-state index is 11.9. The molecule has 3 saturated heterocycles. The lowest BCUT2D eigenvalue weighted by Crippen LogP contribution is -2.48. The van der Waals surface area contributed by atoms with Crippen LogP contribution in [0, 0.1) is 0 Å². The second-order valence-corrected chi connectivity index (χ2v) is 6.33. The molecule has 0 aliphatic carbocycles. The summed E-state index contributed by atoms with van der Waals surface area (Å²) in [5, 5.41) is 6.75. The monoisotopic (exact) mass is 282 g/mol. The van der Waals surface area contributed by atoms with E-state index in [4.69, 9.17) is 9.47 Å². The summed E-state index contributed by atoms with van der Waals surface area (Å²) >= 11 is 0. The minimum Gasteiger partial charge on any atom is -0.378 e. The van der Waals surface area contributed by atoms with Crippen molar-refractivity contribution in [2.24, 2.45) is 0 Å². The molecule has 3 fully saturated rings. The van der Waals surface area contributed by atoms with Gasteiger partial charge in [0.25, 0.3) is 0 Å². The van der Waals surface area contributed by atoms with Crippen molar-refractivity contribution in [1.82, 2.24) is 10.6 Å². The number of fused-ring (bicyclic) bond motifs is 2. The van der Waals surface area contributed by atoms with E-state index in [1.54, 1.807) is 0 Å². The number of hydrogen-bond acceptors (Lipinski definition) is 4. The SMILES string of the molecule is O=C(CCOCC1CCCO1)NC1CC2CCC(C1)N2. The zero-order valence-electron chi connectivity index (χ0n) is 12.1. The lowest BCUT2D eigenvalue weighted by Gasteiger charge is -2.29. The quantitative estimate of drug-likeness (QED) is 0.713. The van der Waals surface area contributed by atoms with Crippen LogP contribution in [0.3, 0.4) is 0 Å². The van der Waals surface area contributed by atoms with Crippen molar-refractivity contribution in [3.8, 4) is 0 Å². The smallest absolute Gasteiger partial charge is 0.222 e. The van der Waals surface area contributed by atoms with E-state index in [2.05, 4.69) is 10.6 Å². The average molecular weight is 282 g/mol. The molecule has 0 saturated carbocycles. The Morgan fingerprint density at radius 3 is 2.75 bits per heavy atom. The number of amides is 1. The predicted octanol–water partition coefficient (Wildman–Crippen LogP) is 0.971. The fraction of sp³-hybridized carbons (Fsp3) is 0.933. The molecule has 2 N–H and O–H groups in total. The second kappa shape index (κ2) is 6.87. The molecule has 0 aromatic heterocycles. The molecular weight excluding hydrogens is 256 g/mol. The Morgan fingerprint density at radius 1 is 1.25 bits per heavy atom. The van der Waals surface area contributed by atoms with Crippen LogP contribution >= 0.6 is 0 Å². The van der Waals surface area contributed by atoms with E-state index in [9.17, 15) is 4.79 Å². The molecule has 3 rings (SSSR count). The lowest BCUT2D eigenvalue weighted by molar-refractivity contribution is -0.123. The molecule has 3 aliphatic rings.